The van der Waals surface area contributed by atoms with Gasteiger partial charge in [0.05, 0.1) is 0 Å². The minimum atomic E-state index is 0.0698. The topological polar surface area (TPSA) is 61.4 Å². The molecule has 2 amide bonds. The van der Waals surface area contributed by atoms with Crippen LogP contribution in [0, 0.1) is 12.8 Å². The van der Waals surface area contributed by atoms with Gasteiger partial charge in [0.2, 0.25) is 5.91 Å². The third-order valence-electron chi connectivity index (χ3n) is 6.05. The number of aryl methyl sites for hydroxylation is 1. The fraction of sp³-hybridized carbons (Fsp3) is 0.636. The van der Waals surface area contributed by atoms with Gasteiger partial charge in [0.15, 0.2) is 0 Å². The van der Waals surface area contributed by atoms with Gasteiger partial charge < -0.3 is 15.5 Å². The van der Waals surface area contributed by atoms with Gasteiger partial charge in [-0.15, -0.1) is 0 Å². The predicted octanol–water partition coefficient (Wildman–Crippen LogP) is 3.73. The van der Waals surface area contributed by atoms with Crippen LogP contribution in [0.15, 0.2) is 18.2 Å². The molecule has 5 heteroatoms. The molecule has 5 nitrogen and oxygen atoms in total. The molecule has 2 N–H and O–H groups in total. The molecule has 27 heavy (non-hydrogen) atoms. The number of amides is 2. The van der Waals surface area contributed by atoms with Crippen molar-refractivity contribution < 1.29 is 9.59 Å². The number of nitrogens with one attached hydrogen (secondary N) is 2. The first-order valence-electron chi connectivity index (χ1n) is 10.5. The Balaban J connectivity index is 1.55. The zero-order chi connectivity index (χ0) is 19.2. The van der Waals surface area contributed by atoms with Crippen molar-refractivity contribution in [1.29, 1.82) is 0 Å². The molecule has 2 heterocycles. The summed E-state index contributed by atoms with van der Waals surface area (Å²) in [5.41, 5.74) is 2.48. The molecular formula is C22H33N3O2. The zero-order valence-electron chi connectivity index (χ0n) is 16.7. The lowest BCUT2D eigenvalue weighted by atomic mass is 9.93. The van der Waals surface area contributed by atoms with Crippen LogP contribution >= 0.6 is 0 Å². The number of hydrogen-bond donors (Lipinski definition) is 2. The average molecular weight is 372 g/mol. The van der Waals surface area contributed by atoms with Crippen molar-refractivity contribution in [2.75, 3.05) is 25.0 Å². The van der Waals surface area contributed by atoms with Crippen LogP contribution in [-0.2, 0) is 4.79 Å². The first-order valence-corrected chi connectivity index (χ1v) is 10.5. The minimum absolute atomic E-state index is 0.0698. The number of hydrogen-bond acceptors (Lipinski definition) is 3. The molecule has 0 aromatic heterocycles. The van der Waals surface area contributed by atoms with E-state index in [2.05, 4.69) is 17.6 Å². The second-order valence-corrected chi connectivity index (χ2v) is 8.15. The van der Waals surface area contributed by atoms with Crippen LogP contribution in [0.4, 0.5) is 5.69 Å². The second kappa shape index (κ2) is 9.36. The average Bonchev–Trinajstić information content (AvgIpc) is 2.68. The van der Waals surface area contributed by atoms with Gasteiger partial charge in [-0.05, 0) is 95.1 Å². The Hall–Kier alpha value is -1.88. The maximum absolute atomic E-state index is 12.8. The Labute approximate surface area is 162 Å². The lowest BCUT2D eigenvalue weighted by Gasteiger charge is -2.33. The van der Waals surface area contributed by atoms with E-state index in [1.165, 1.54) is 6.42 Å². The van der Waals surface area contributed by atoms with E-state index in [-0.39, 0.29) is 11.8 Å². The van der Waals surface area contributed by atoms with Gasteiger partial charge in [-0.25, -0.2) is 0 Å². The summed E-state index contributed by atoms with van der Waals surface area (Å²) in [6.45, 7) is 7.06. The van der Waals surface area contributed by atoms with Crippen molar-refractivity contribution in [2.24, 2.45) is 5.92 Å². The smallest absolute Gasteiger partial charge is 0.254 e. The van der Waals surface area contributed by atoms with Crippen molar-refractivity contribution in [3.05, 3.63) is 29.3 Å². The van der Waals surface area contributed by atoms with Crippen LogP contribution in [0.25, 0.3) is 0 Å². The van der Waals surface area contributed by atoms with Gasteiger partial charge in [-0.3, -0.25) is 9.59 Å². The number of anilines is 1. The highest BCUT2D eigenvalue weighted by Gasteiger charge is 2.24. The van der Waals surface area contributed by atoms with Gasteiger partial charge in [-0.2, -0.15) is 0 Å². The number of benzene rings is 1. The molecule has 2 saturated heterocycles. The molecule has 3 rings (SSSR count). The lowest BCUT2D eigenvalue weighted by Crippen LogP contribution is -2.42. The molecule has 0 bridgehead atoms. The quantitative estimate of drug-likeness (QED) is 0.829. The van der Waals surface area contributed by atoms with Crippen LogP contribution in [0.1, 0.15) is 67.8 Å². The van der Waals surface area contributed by atoms with Crippen LogP contribution in [-0.4, -0.2) is 42.4 Å². The summed E-state index contributed by atoms with van der Waals surface area (Å²) in [6.07, 6.45) is 7.21. The number of carbonyl (C=O) groups excluding carboxylic acids is 2. The number of carbonyl (C=O) groups is 2. The molecule has 1 atom stereocenters. The molecular weight excluding hydrogens is 338 g/mol. The molecule has 2 aliphatic rings. The molecule has 0 saturated carbocycles. The van der Waals surface area contributed by atoms with Crippen LogP contribution in [0.3, 0.4) is 0 Å². The van der Waals surface area contributed by atoms with Crippen molar-refractivity contribution in [1.82, 2.24) is 10.2 Å². The van der Waals surface area contributed by atoms with E-state index in [0.717, 1.165) is 63.0 Å². The van der Waals surface area contributed by atoms with E-state index in [1.54, 1.807) is 0 Å². The van der Waals surface area contributed by atoms with Crippen molar-refractivity contribution in [3.63, 3.8) is 0 Å². The Morgan fingerprint density at radius 1 is 1.19 bits per heavy atom. The fourth-order valence-electron chi connectivity index (χ4n) is 4.22. The van der Waals surface area contributed by atoms with Crippen molar-refractivity contribution >= 4 is 17.5 Å². The summed E-state index contributed by atoms with van der Waals surface area (Å²) in [5.74, 6) is 0.832. The SMILES string of the molecule is Cc1cc(C(=O)N2CCCCC2C)ccc1NC(=O)CCC1CCNCC1. The monoisotopic (exact) mass is 371 g/mol. The van der Waals surface area contributed by atoms with Gasteiger partial charge >= 0.3 is 0 Å². The minimum Gasteiger partial charge on any atom is -0.336 e. The Kier molecular flexibility index (Phi) is 6.89. The van der Waals surface area contributed by atoms with Crippen LogP contribution in [0.2, 0.25) is 0 Å². The summed E-state index contributed by atoms with van der Waals surface area (Å²) in [4.78, 5) is 27.1. The lowest BCUT2D eigenvalue weighted by molar-refractivity contribution is -0.116. The Morgan fingerprint density at radius 3 is 2.67 bits per heavy atom. The molecule has 0 radical (unpaired) electrons. The van der Waals surface area contributed by atoms with Gasteiger partial charge in [0.25, 0.3) is 5.91 Å². The van der Waals surface area contributed by atoms with Crippen LogP contribution in [0.5, 0.6) is 0 Å². The normalized spacial score (nSPS) is 21.1. The maximum Gasteiger partial charge on any atom is 0.254 e. The first-order chi connectivity index (χ1) is 13.0. The fourth-order valence-corrected chi connectivity index (χ4v) is 4.22. The third-order valence-corrected chi connectivity index (χ3v) is 6.05. The molecule has 2 fully saturated rings. The van der Waals surface area contributed by atoms with E-state index < -0.39 is 0 Å². The van der Waals surface area contributed by atoms with Gasteiger partial charge in [0.1, 0.15) is 0 Å². The highest BCUT2D eigenvalue weighted by molar-refractivity contribution is 5.96. The van der Waals surface area contributed by atoms with E-state index in [9.17, 15) is 9.59 Å². The predicted molar refractivity (Wildman–Crippen MR) is 109 cm³/mol. The summed E-state index contributed by atoms with van der Waals surface area (Å²) < 4.78 is 0. The molecule has 1 unspecified atom stereocenters. The highest BCUT2D eigenvalue weighted by atomic mass is 16.2. The largest absolute Gasteiger partial charge is 0.336 e. The van der Waals surface area contributed by atoms with Crippen molar-refractivity contribution in [2.45, 2.75) is 64.8 Å². The van der Waals surface area contributed by atoms with E-state index in [4.69, 9.17) is 0 Å². The molecule has 0 spiro atoms. The molecule has 1 aromatic rings. The number of rotatable bonds is 5. The first kappa shape index (κ1) is 19.9. The summed E-state index contributed by atoms with van der Waals surface area (Å²) in [7, 11) is 0. The zero-order valence-corrected chi connectivity index (χ0v) is 16.7. The van der Waals surface area contributed by atoms with E-state index in [0.29, 0.717) is 23.9 Å². The highest BCUT2D eigenvalue weighted by Crippen LogP contribution is 2.23. The molecule has 0 aliphatic carbocycles. The standard InChI is InChI=1S/C22H33N3O2/c1-16-15-19(22(27)25-14-4-3-5-17(25)2)7-8-20(16)24-21(26)9-6-18-10-12-23-13-11-18/h7-8,15,17-18,23H,3-6,9-14H2,1-2H3,(H,24,26). The van der Waals surface area contributed by atoms with E-state index in [1.807, 2.05) is 30.0 Å². The Bertz CT molecular complexity index is 668. The summed E-state index contributed by atoms with van der Waals surface area (Å²) >= 11 is 0. The number of piperidine rings is 2. The summed E-state index contributed by atoms with van der Waals surface area (Å²) in [6, 6.07) is 5.94. The number of nitrogens with zero attached hydrogens (tertiary/aromatic N) is 1. The maximum atomic E-state index is 12.8. The van der Waals surface area contributed by atoms with Gasteiger partial charge in [-0.1, -0.05) is 0 Å². The second-order valence-electron chi connectivity index (χ2n) is 8.15. The molecule has 148 valence electrons. The molecule has 2 aliphatic heterocycles. The van der Waals surface area contributed by atoms with E-state index >= 15 is 0 Å². The number of likely N-dealkylation sites (tertiary alicyclic amines) is 1. The Morgan fingerprint density at radius 2 is 1.96 bits per heavy atom. The third kappa shape index (κ3) is 5.32. The summed E-state index contributed by atoms with van der Waals surface area (Å²) in [5, 5.41) is 6.38. The van der Waals surface area contributed by atoms with Crippen LogP contribution < -0.4 is 10.6 Å². The van der Waals surface area contributed by atoms with Gasteiger partial charge in [0, 0.05) is 30.3 Å². The van der Waals surface area contributed by atoms with Crippen molar-refractivity contribution in [3.8, 4) is 0 Å². The molecule has 1 aromatic carbocycles.